The van der Waals surface area contributed by atoms with Crippen LogP contribution in [0.25, 0.3) is 0 Å². The van der Waals surface area contributed by atoms with E-state index in [1.807, 2.05) is 0 Å². The molecule has 2 aromatic rings. The first-order valence-electron chi connectivity index (χ1n) is 12.4. The zero-order chi connectivity index (χ0) is 28.9. The molecular formula is C26H35N5O8. The molecule has 212 valence electrons. The van der Waals surface area contributed by atoms with Crippen molar-refractivity contribution >= 4 is 29.6 Å². The summed E-state index contributed by atoms with van der Waals surface area (Å²) in [5, 5.41) is 29.8. The Labute approximate surface area is 225 Å². The van der Waals surface area contributed by atoms with Crippen molar-refractivity contribution in [1.29, 1.82) is 0 Å². The van der Waals surface area contributed by atoms with Crippen LogP contribution in [0, 0.1) is 0 Å². The monoisotopic (exact) mass is 545 g/mol. The van der Waals surface area contributed by atoms with E-state index in [1.54, 1.807) is 43.3 Å². The zero-order valence-corrected chi connectivity index (χ0v) is 22.0. The molecule has 39 heavy (non-hydrogen) atoms. The number of hydrogen-bond donors (Lipinski definition) is 7. The molecule has 2 rings (SSSR count). The summed E-state index contributed by atoms with van der Waals surface area (Å²) < 4.78 is 4.69. The molecule has 4 amide bonds. The SMILES string of the molecule is CC[C@H](NC(=O)C[C@@H](NC(=O)[C@H](CO)NC(=O)[C@@H](NC(=O)c1ccc[nH]1)[C@H](C)O)c1ccccc1)C(=O)OC. The largest absolute Gasteiger partial charge is 0.467 e. The van der Waals surface area contributed by atoms with Crippen LogP contribution in [-0.2, 0) is 23.9 Å². The lowest BCUT2D eigenvalue weighted by Crippen LogP contribution is -2.58. The first-order valence-corrected chi connectivity index (χ1v) is 12.4. The van der Waals surface area contributed by atoms with E-state index < -0.39 is 66.5 Å². The standard InChI is InChI=1S/C26H35N5O8/c1-4-17(26(38)39-3)28-21(34)13-19(16-9-6-5-7-10-16)29-24(36)20(14-32)30-25(37)22(15(2)33)31-23(35)18-11-8-12-27-18/h5-12,15,17,19-20,22,27,32-33H,4,13-14H2,1-3H3,(H,28,34)(H,29,36)(H,30,37)(H,31,35)/t15-,17-,19+,20-,22-/m0/s1. The number of H-pyrrole nitrogens is 1. The molecule has 1 aromatic carbocycles. The fourth-order valence-electron chi connectivity index (χ4n) is 3.67. The Bertz CT molecular complexity index is 1110. The highest BCUT2D eigenvalue weighted by molar-refractivity contribution is 5.97. The molecule has 0 aliphatic heterocycles. The predicted octanol–water partition coefficient (Wildman–Crippen LogP) is -0.714. The Morgan fingerprint density at radius 2 is 1.62 bits per heavy atom. The summed E-state index contributed by atoms with van der Waals surface area (Å²) in [4.78, 5) is 65.5. The van der Waals surface area contributed by atoms with Gasteiger partial charge in [-0.2, -0.15) is 0 Å². The van der Waals surface area contributed by atoms with E-state index in [2.05, 4.69) is 31.0 Å². The molecule has 5 atom stereocenters. The third-order valence-electron chi connectivity index (χ3n) is 5.85. The van der Waals surface area contributed by atoms with Crippen LogP contribution in [-0.4, -0.2) is 82.7 Å². The minimum absolute atomic E-state index is 0.159. The number of esters is 1. The molecular weight excluding hydrogens is 510 g/mol. The van der Waals surface area contributed by atoms with Crippen molar-refractivity contribution in [3.05, 3.63) is 59.9 Å². The predicted molar refractivity (Wildman–Crippen MR) is 139 cm³/mol. The topological polar surface area (TPSA) is 199 Å². The summed E-state index contributed by atoms with van der Waals surface area (Å²) in [6.45, 7) is 2.19. The van der Waals surface area contributed by atoms with Crippen LogP contribution >= 0.6 is 0 Å². The molecule has 0 fully saturated rings. The summed E-state index contributed by atoms with van der Waals surface area (Å²) >= 11 is 0. The third-order valence-corrected chi connectivity index (χ3v) is 5.85. The number of amides is 4. The number of carbonyl (C=O) groups excluding carboxylic acids is 5. The number of aromatic amines is 1. The smallest absolute Gasteiger partial charge is 0.328 e. The van der Waals surface area contributed by atoms with Gasteiger partial charge in [-0.1, -0.05) is 37.3 Å². The Kier molecular flexibility index (Phi) is 12.1. The van der Waals surface area contributed by atoms with E-state index in [0.717, 1.165) is 0 Å². The second kappa shape index (κ2) is 15.2. The maximum Gasteiger partial charge on any atom is 0.328 e. The minimum atomic E-state index is -1.46. The van der Waals surface area contributed by atoms with E-state index in [-0.39, 0.29) is 12.1 Å². The molecule has 0 bridgehead atoms. The highest BCUT2D eigenvalue weighted by atomic mass is 16.5. The van der Waals surface area contributed by atoms with Crippen LogP contribution in [0.2, 0.25) is 0 Å². The molecule has 13 nitrogen and oxygen atoms in total. The van der Waals surface area contributed by atoms with E-state index >= 15 is 0 Å². The lowest BCUT2D eigenvalue weighted by atomic mass is 10.0. The van der Waals surface area contributed by atoms with E-state index in [4.69, 9.17) is 0 Å². The van der Waals surface area contributed by atoms with Crippen LogP contribution < -0.4 is 21.3 Å². The Morgan fingerprint density at radius 1 is 0.923 bits per heavy atom. The van der Waals surface area contributed by atoms with Crippen molar-refractivity contribution < 1.29 is 38.9 Å². The fourth-order valence-corrected chi connectivity index (χ4v) is 3.67. The Balaban J connectivity index is 2.13. The highest BCUT2D eigenvalue weighted by Gasteiger charge is 2.31. The summed E-state index contributed by atoms with van der Waals surface area (Å²) in [5.74, 6) is -3.51. The van der Waals surface area contributed by atoms with Gasteiger partial charge >= 0.3 is 5.97 Å². The zero-order valence-electron chi connectivity index (χ0n) is 22.0. The van der Waals surface area contributed by atoms with Crippen LogP contribution in [0.3, 0.4) is 0 Å². The lowest BCUT2D eigenvalue weighted by molar-refractivity contribution is -0.145. The van der Waals surface area contributed by atoms with E-state index in [0.29, 0.717) is 12.0 Å². The van der Waals surface area contributed by atoms with Crippen molar-refractivity contribution in [3.8, 4) is 0 Å². The van der Waals surface area contributed by atoms with Gasteiger partial charge in [0.25, 0.3) is 5.91 Å². The number of carbonyl (C=O) groups is 5. The van der Waals surface area contributed by atoms with Gasteiger partial charge in [0, 0.05) is 6.20 Å². The summed E-state index contributed by atoms with van der Waals surface area (Å²) in [7, 11) is 1.21. The lowest BCUT2D eigenvalue weighted by Gasteiger charge is -2.26. The molecule has 0 aliphatic rings. The quantitative estimate of drug-likeness (QED) is 0.151. The molecule has 7 N–H and O–H groups in total. The van der Waals surface area contributed by atoms with Gasteiger partial charge in [0.15, 0.2) is 0 Å². The molecule has 0 spiro atoms. The van der Waals surface area contributed by atoms with Crippen LogP contribution in [0.15, 0.2) is 48.7 Å². The molecule has 0 saturated carbocycles. The number of aliphatic hydroxyl groups is 2. The van der Waals surface area contributed by atoms with Crippen LogP contribution in [0.1, 0.15) is 48.8 Å². The number of hydrogen-bond acceptors (Lipinski definition) is 8. The summed E-state index contributed by atoms with van der Waals surface area (Å²) in [6.07, 6.45) is 0.232. The van der Waals surface area contributed by atoms with Gasteiger partial charge in [-0.3, -0.25) is 19.2 Å². The summed E-state index contributed by atoms with van der Waals surface area (Å²) in [6, 6.07) is 6.96. The van der Waals surface area contributed by atoms with Gasteiger partial charge < -0.3 is 41.2 Å². The minimum Gasteiger partial charge on any atom is -0.467 e. The van der Waals surface area contributed by atoms with Gasteiger partial charge in [0.1, 0.15) is 23.8 Å². The Hall–Kier alpha value is -4.23. The normalized spacial score (nSPS) is 14.6. The summed E-state index contributed by atoms with van der Waals surface area (Å²) in [5.41, 5.74) is 0.724. The number of aliphatic hydroxyl groups excluding tert-OH is 2. The molecule has 0 aliphatic carbocycles. The van der Waals surface area contributed by atoms with Crippen LogP contribution in [0.5, 0.6) is 0 Å². The fraction of sp³-hybridized carbons (Fsp3) is 0.423. The third kappa shape index (κ3) is 9.23. The van der Waals surface area contributed by atoms with Crippen molar-refractivity contribution in [1.82, 2.24) is 26.3 Å². The van der Waals surface area contributed by atoms with Crippen molar-refractivity contribution in [2.75, 3.05) is 13.7 Å². The molecule has 0 radical (unpaired) electrons. The molecule has 1 aromatic heterocycles. The second-order valence-corrected chi connectivity index (χ2v) is 8.75. The maximum atomic E-state index is 13.1. The van der Waals surface area contributed by atoms with Crippen molar-refractivity contribution in [3.63, 3.8) is 0 Å². The second-order valence-electron chi connectivity index (χ2n) is 8.75. The number of methoxy groups -OCH3 is 1. The van der Waals surface area contributed by atoms with Crippen LogP contribution in [0.4, 0.5) is 0 Å². The van der Waals surface area contributed by atoms with E-state index in [1.165, 1.54) is 26.3 Å². The van der Waals surface area contributed by atoms with Gasteiger partial charge in [-0.05, 0) is 31.0 Å². The number of benzene rings is 1. The number of rotatable bonds is 14. The van der Waals surface area contributed by atoms with Crippen molar-refractivity contribution in [2.45, 2.75) is 57.0 Å². The molecule has 1 heterocycles. The van der Waals surface area contributed by atoms with Gasteiger partial charge in [-0.15, -0.1) is 0 Å². The van der Waals surface area contributed by atoms with Gasteiger partial charge in [0.2, 0.25) is 17.7 Å². The van der Waals surface area contributed by atoms with Gasteiger partial charge in [-0.25, -0.2) is 4.79 Å². The molecule has 0 saturated heterocycles. The number of nitrogens with one attached hydrogen (secondary N) is 5. The maximum absolute atomic E-state index is 13.1. The number of aromatic nitrogens is 1. The Morgan fingerprint density at radius 3 is 2.15 bits per heavy atom. The average molecular weight is 546 g/mol. The average Bonchev–Trinajstić information content (AvgIpc) is 3.47. The first kappa shape index (κ1) is 31.0. The van der Waals surface area contributed by atoms with Crippen molar-refractivity contribution in [2.24, 2.45) is 0 Å². The van der Waals surface area contributed by atoms with E-state index in [9.17, 15) is 34.2 Å². The molecule has 0 unspecified atom stereocenters. The molecule has 13 heteroatoms. The number of ether oxygens (including phenoxy) is 1. The highest BCUT2D eigenvalue weighted by Crippen LogP contribution is 2.17. The first-order chi connectivity index (χ1) is 18.6. The van der Waals surface area contributed by atoms with Gasteiger partial charge in [0.05, 0.1) is 32.3 Å².